The first-order valence-electron chi connectivity index (χ1n) is 7.06. The summed E-state index contributed by atoms with van der Waals surface area (Å²) in [5, 5.41) is 20.9. The Morgan fingerprint density at radius 3 is 2.85 bits per heavy atom. The topological polar surface area (TPSA) is 99.1 Å². The highest BCUT2D eigenvalue weighted by atomic mass is 16.5. The Kier molecular flexibility index (Phi) is 4.82. The number of ether oxygens (including phenoxy) is 1. The first-order chi connectivity index (χ1) is 9.57. The first kappa shape index (κ1) is 15.1. The average Bonchev–Trinajstić information content (AvgIpc) is 2.89. The van der Waals surface area contributed by atoms with E-state index in [2.05, 4.69) is 5.32 Å². The number of carboxylic acids is 1. The van der Waals surface area contributed by atoms with Gasteiger partial charge in [0, 0.05) is 32.7 Å². The number of urea groups is 1. The molecule has 2 heterocycles. The lowest BCUT2D eigenvalue weighted by atomic mass is 9.95. The third kappa shape index (κ3) is 3.21. The molecule has 2 amide bonds. The van der Waals surface area contributed by atoms with Crippen LogP contribution in [0.15, 0.2) is 0 Å². The van der Waals surface area contributed by atoms with Gasteiger partial charge in [0.05, 0.1) is 6.61 Å². The maximum Gasteiger partial charge on any atom is 0.332 e. The molecule has 0 aromatic rings. The van der Waals surface area contributed by atoms with E-state index in [1.165, 1.54) is 0 Å². The van der Waals surface area contributed by atoms with E-state index in [9.17, 15) is 14.7 Å². The highest BCUT2D eigenvalue weighted by Crippen LogP contribution is 2.22. The van der Waals surface area contributed by atoms with Crippen molar-refractivity contribution in [2.45, 2.75) is 31.2 Å². The molecule has 2 fully saturated rings. The fourth-order valence-electron chi connectivity index (χ4n) is 2.84. The predicted octanol–water partition coefficient (Wildman–Crippen LogP) is 0.0341. The lowest BCUT2D eigenvalue weighted by Crippen LogP contribution is -2.59. The van der Waals surface area contributed by atoms with Crippen LogP contribution in [0.4, 0.5) is 4.79 Å². The van der Waals surface area contributed by atoms with Crippen molar-refractivity contribution in [3.63, 3.8) is 0 Å². The van der Waals surface area contributed by atoms with Crippen LogP contribution in [0.1, 0.15) is 25.7 Å². The summed E-state index contributed by atoms with van der Waals surface area (Å²) in [5.41, 5.74) is -1.29. The first-order valence-corrected chi connectivity index (χ1v) is 7.06. The van der Waals surface area contributed by atoms with Crippen molar-refractivity contribution in [3.05, 3.63) is 0 Å². The highest BCUT2D eigenvalue weighted by Gasteiger charge is 2.45. The molecule has 7 heteroatoms. The van der Waals surface area contributed by atoms with Crippen LogP contribution in [-0.2, 0) is 9.53 Å². The van der Waals surface area contributed by atoms with Crippen molar-refractivity contribution in [1.82, 2.24) is 10.2 Å². The quantitative estimate of drug-likeness (QED) is 0.677. The Bertz CT molecular complexity index is 366. The van der Waals surface area contributed by atoms with E-state index in [4.69, 9.17) is 9.84 Å². The number of aliphatic carboxylic acids is 1. The molecular formula is C13H22N2O5. The molecule has 2 unspecified atom stereocenters. The second-order valence-electron chi connectivity index (χ2n) is 5.59. The van der Waals surface area contributed by atoms with Gasteiger partial charge in [-0.05, 0) is 25.2 Å². The molecule has 114 valence electrons. The smallest absolute Gasteiger partial charge is 0.332 e. The van der Waals surface area contributed by atoms with Crippen molar-refractivity contribution in [2.75, 3.05) is 32.9 Å². The molecular weight excluding hydrogens is 264 g/mol. The standard InChI is InChI=1S/C13H22N2O5/c16-6-3-10-2-1-5-15(8-10)12(19)14-13(11(17)18)4-7-20-9-13/h10,16H,1-9H2,(H,14,19)(H,17,18). The predicted molar refractivity (Wildman–Crippen MR) is 70.3 cm³/mol. The van der Waals surface area contributed by atoms with Crippen LogP contribution in [0, 0.1) is 5.92 Å². The molecule has 0 aromatic heterocycles. The number of aliphatic hydroxyl groups is 1. The fraction of sp³-hybridized carbons (Fsp3) is 0.846. The van der Waals surface area contributed by atoms with Gasteiger partial charge < -0.3 is 25.2 Å². The van der Waals surface area contributed by atoms with Gasteiger partial charge in [0.25, 0.3) is 0 Å². The number of nitrogens with zero attached hydrogens (tertiary/aromatic N) is 1. The van der Waals surface area contributed by atoms with Gasteiger partial charge in [-0.25, -0.2) is 9.59 Å². The highest BCUT2D eigenvalue weighted by molar-refractivity contribution is 5.86. The van der Waals surface area contributed by atoms with Crippen LogP contribution in [0.5, 0.6) is 0 Å². The van der Waals surface area contributed by atoms with Crippen molar-refractivity contribution in [1.29, 1.82) is 0 Å². The van der Waals surface area contributed by atoms with E-state index in [0.717, 1.165) is 12.8 Å². The molecule has 2 aliphatic heterocycles. The summed E-state index contributed by atoms with van der Waals surface area (Å²) in [4.78, 5) is 25.3. The molecule has 2 rings (SSSR count). The minimum Gasteiger partial charge on any atom is -0.479 e. The second kappa shape index (κ2) is 6.41. The molecule has 20 heavy (non-hydrogen) atoms. The summed E-state index contributed by atoms with van der Waals surface area (Å²) < 4.78 is 5.12. The Labute approximate surface area is 117 Å². The van der Waals surface area contributed by atoms with Gasteiger partial charge in [-0.3, -0.25) is 0 Å². The number of hydrogen-bond acceptors (Lipinski definition) is 4. The molecule has 0 saturated carbocycles. The van der Waals surface area contributed by atoms with Gasteiger partial charge in [-0.15, -0.1) is 0 Å². The van der Waals surface area contributed by atoms with E-state index in [-0.39, 0.29) is 19.2 Å². The van der Waals surface area contributed by atoms with Crippen molar-refractivity contribution in [2.24, 2.45) is 5.92 Å². The second-order valence-corrected chi connectivity index (χ2v) is 5.59. The van der Waals surface area contributed by atoms with Crippen LogP contribution in [0.25, 0.3) is 0 Å². The van der Waals surface area contributed by atoms with Crippen molar-refractivity contribution < 1.29 is 24.5 Å². The molecule has 2 aliphatic rings. The van der Waals surface area contributed by atoms with E-state index >= 15 is 0 Å². The molecule has 3 N–H and O–H groups in total. The Morgan fingerprint density at radius 1 is 1.45 bits per heavy atom. The number of piperidine rings is 1. The van der Waals surface area contributed by atoms with Gasteiger partial charge in [-0.2, -0.15) is 0 Å². The van der Waals surface area contributed by atoms with E-state index in [1.54, 1.807) is 4.90 Å². The zero-order valence-electron chi connectivity index (χ0n) is 11.5. The largest absolute Gasteiger partial charge is 0.479 e. The normalized spacial score (nSPS) is 30.2. The van der Waals surface area contributed by atoms with Crippen molar-refractivity contribution >= 4 is 12.0 Å². The third-order valence-electron chi connectivity index (χ3n) is 4.12. The van der Waals surface area contributed by atoms with Crippen LogP contribution in [0.3, 0.4) is 0 Å². The molecule has 0 aliphatic carbocycles. The monoisotopic (exact) mass is 286 g/mol. The summed E-state index contributed by atoms with van der Waals surface area (Å²) in [6, 6.07) is -0.347. The van der Waals surface area contributed by atoms with E-state index < -0.39 is 11.5 Å². The Balaban J connectivity index is 1.95. The van der Waals surface area contributed by atoms with Gasteiger partial charge in [0.2, 0.25) is 0 Å². The van der Waals surface area contributed by atoms with Gasteiger partial charge >= 0.3 is 12.0 Å². The van der Waals surface area contributed by atoms with Crippen LogP contribution < -0.4 is 5.32 Å². The van der Waals surface area contributed by atoms with Crippen LogP contribution in [0.2, 0.25) is 0 Å². The summed E-state index contributed by atoms with van der Waals surface area (Å²) in [7, 11) is 0. The molecule has 0 aromatic carbocycles. The number of aliphatic hydroxyl groups excluding tert-OH is 1. The molecule has 7 nitrogen and oxygen atoms in total. The number of carboxylic acid groups (broad SMARTS) is 1. The Morgan fingerprint density at radius 2 is 2.25 bits per heavy atom. The summed E-state index contributed by atoms with van der Waals surface area (Å²) in [6.07, 6.45) is 2.85. The maximum atomic E-state index is 12.2. The van der Waals surface area contributed by atoms with Gasteiger partial charge in [0.1, 0.15) is 0 Å². The number of rotatable bonds is 4. The maximum absolute atomic E-state index is 12.2. The molecule has 2 saturated heterocycles. The number of carbonyl (C=O) groups excluding carboxylic acids is 1. The minimum absolute atomic E-state index is 0.0159. The van der Waals surface area contributed by atoms with Crippen LogP contribution >= 0.6 is 0 Å². The van der Waals surface area contributed by atoms with Crippen molar-refractivity contribution in [3.8, 4) is 0 Å². The lowest BCUT2D eigenvalue weighted by Gasteiger charge is -2.35. The molecule has 2 atom stereocenters. The fourth-order valence-corrected chi connectivity index (χ4v) is 2.84. The minimum atomic E-state index is -1.29. The summed E-state index contributed by atoms with van der Waals surface area (Å²) in [6.45, 7) is 1.68. The number of carbonyl (C=O) groups is 2. The lowest BCUT2D eigenvalue weighted by molar-refractivity contribution is -0.144. The zero-order chi connectivity index (χ0) is 14.6. The van der Waals surface area contributed by atoms with E-state index in [1.807, 2.05) is 0 Å². The summed E-state index contributed by atoms with van der Waals surface area (Å²) in [5.74, 6) is -0.757. The van der Waals surface area contributed by atoms with Crippen LogP contribution in [-0.4, -0.2) is 65.6 Å². The number of amides is 2. The number of nitrogens with one attached hydrogen (secondary N) is 1. The SMILES string of the molecule is O=C(NC1(C(=O)O)CCOC1)N1CCCC(CCO)C1. The molecule has 0 radical (unpaired) electrons. The molecule has 0 spiro atoms. The Hall–Kier alpha value is -1.34. The number of likely N-dealkylation sites (tertiary alicyclic amines) is 1. The third-order valence-corrected chi connectivity index (χ3v) is 4.12. The number of hydrogen-bond donors (Lipinski definition) is 3. The zero-order valence-corrected chi connectivity index (χ0v) is 11.5. The summed E-state index contributed by atoms with van der Waals surface area (Å²) >= 11 is 0. The van der Waals surface area contributed by atoms with Gasteiger partial charge in [0.15, 0.2) is 5.54 Å². The molecule has 0 bridgehead atoms. The van der Waals surface area contributed by atoms with Gasteiger partial charge in [-0.1, -0.05) is 0 Å². The van der Waals surface area contributed by atoms with E-state index in [0.29, 0.717) is 38.5 Å². The average molecular weight is 286 g/mol.